The number of phenolic OH excluding ortho intramolecular Hbond substituents is 1. The first kappa shape index (κ1) is 19.8. The van der Waals surface area contributed by atoms with Crippen molar-refractivity contribution in [1.82, 2.24) is 10.6 Å². The van der Waals surface area contributed by atoms with Gasteiger partial charge in [0.1, 0.15) is 18.2 Å². The van der Waals surface area contributed by atoms with Gasteiger partial charge in [0.2, 0.25) is 0 Å². The van der Waals surface area contributed by atoms with Crippen molar-refractivity contribution in [3.63, 3.8) is 0 Å². The van der Waals surface area contributed by atoms with E-state index in [1.165, 1.54) is 0 Å². The van der Waals surface area contributed by atoms with Gasteiger partial charge in [-0.3, -0.25) is 10.6 Å². The van der Waals surface area contributed by atoms with E-state index in [0.29, 0.717) is 5.56 Å². The van der Waals surface area contributed by atoms with E-state index in [2.05, 4.69) is 17.6 Å². The maximum atomic E-state index is 10.1. The van der Waals surface area contributed by atoms with Gasteiger partial charge in [-0.15, -0.1) is 0 Å². The van der Waals surface area contributed by atoms with Gasteiger partial charge in [-0.05, 0) is 30.0 Å². The van der Waals surface area contributed by atoms with Crippen LogP contribution in [-0.4, -0.2) is 51.2 Å². The van der Waals surface area contributed by atoms with Crippen molar-refractivity contribution in [2.24, 2.45) is 0 Å². The highest BCUT2D eigenvalue weighted by atomic mass is 16.3. The number of aliphatic hydroxyl groups is 4. The highest BCUT2D eigenvalue weighted by molar-refractivity contribution is 5.44. The Hall–Kier alpha value is -1.22. The summed E-state index contributed by atoms with van der Waals surface area (Å²) < 4.78 is 0. The molecule has 2 atom stereocenters. The highest BCUT2D eigenvalue weighted by Gasteiger charge is 2.15. The topological polar surface area (TPSA) is 125 Å². The third kappa shape index (κ3) is 6.42. The molecule has 0 bridgehead atoms. The van der Waals surface area contributed by atoms with Crippen LogP contribution in [0.3, 0.4) is 0 Å². The lowest BCUT2D eigenvalue weighted by atomic mass is 9.95. The number of aliphatic hydroxyl groups excluding tert-OH is 4. The summed E-state index contributed by atoms with van der Waals surface area (Å²) in [6.45, 7) is 1.72. The third-order valence-corrected chi connectivity index (χ3v) is 3.68. The fourth-order valence-electron chi connectivity index (χ4n) is 2.32. The molecule has 1 aromatic rings. The summed E-state index contributed by atoms with van der Waals surface area (Å²) in [7, 11) is 0. The van der Waals surface area contributed by atoms with Gasteiger partial charge in [0.15, 0.2) is 0 Å². The maximum Gasteiger partial charge on any atom is 0.128 e. The Labute approximate surface area is 136 Å². The normalized spacial score (nSPS) is 14.0. The Kier molecular flexibility index (Phi) is 9.08. The Morgan fingerprint density at radius 2 is 1.52 bits per heavy atom. The zero-order valence-electron chi connectivity index (χ0n) is 13.5. The lowest BCUT2D eigenvalue weighted by Gasteiger charge is -2.20. The predicted molar refractivity (Wildman–Crippen MR) is 86.6 cm³/mol. The molecule has 0 radical (unpaired) electrons. The minimum atomic E-state index is -1.07. The Morgan fingerprint density at radius 1 is 0.957 bits per heavy atom. The molecule has 0 saturated heterocycles. The standard InChI is InChI=1S/C16H28N2O5/c1-2-3-4-11-5-6-14(21)13(8-18-16(23)10-20)12(11)7-17-15(22)9-19/h5-6,15-23H,2-4,7-10H2,1H3. The van der Waals surface area contributed by atoms with Crippen molar-refractivity contribution in [3.8, 4) is 5.75 Å². The number of benzene rings is 1. The summed E-state index contributed by atoms with van der Waals surface area (Å²) in [5.41, 5.74) is 2.46. The van der Waals surface area contributed by atoms with E-state index in [4.69, 9.17) is 10.2 Å². The summed E-state index contributed by atoms with van der Waals surface area (Å²) in [4.78, 5) is 0. The lowest BCUT2D eigenvalue weighted by molar-refractivity contribution is 0.0647. The minimum absolute atomic E-state index is 0.0816. The summed E-state index contributed by atoms with van der Waals surface area (Å²) in [6, 6.07) is 3.46. The number of aromatic hydroxyl groups is 1. The molecular formula is C16H28N2O5. The predicted octanol–water partition coefficient (Wildman–Crippen LogP) is -0.465. The van der Waals surface area contributed by atoms with Crippen molar-refractivity contribution in [3.05, 3.63) is 28.8 Å². The molecule has 0 aliphatic rings. The van der Waals surface area contributed by atoms with Crippen molar-refractivity contribution >= 4 is 0 Å². The zero-order valence-corrected chi connectivity index (χ0v) is 13.5. The van der Waals surface area contributed by atoms with Crippen LogP contribution in [0.4, 0.5) is 0 Å². The second kappa shape index (κ2) is 10.5. The number of nitrogens with one attached hydrogen (secondary N) is 2. The van der Waals surface area contributed by atoms with E-state index in [9.17, 15) is 15.3 Å². The average molecular weight is 328 g/mol. The smallest absolute Gasteiger partial charge is 0.128 e. The Balaban J connectivity index is 3.01. The van der Waals surface area contributed by atoms with Crippen LogP contribution in [-0.2, 0) is 19.5 Å². The quantitative estimate of drug-likeness (QED) is 0.274. The fraction of sp³-hybridized carbons (Fsp3) is 0.625. The third-order valence-electron chi connectivity index (χ3n) is 3.68. The first-order chi connectivity index (χ1) is 11.0. The monoisotopic (exact) mass is 328 g/mol. The fourth-order valence-corrected chi connectivity index (χ4v) is 2.32. The van der Waals surface area contributed by atoms with Crippen LogP contribution in [0.25, 0.3) is 0 Å². The molecule has 2 unspecified atom stereocenters. The maximum absolute atomic E-state index is 10.1. The molecule has 0 aromatic heterocycles. The molecule has 0 heterocycles. The molecule has 23 heavy (non-hydrogen) atoms. The second-order valence-electron chi connectivity index (χ2n) is 5.46. The second-order valence-corrected chi connectivity index (χ2v) is 5.46. The van der Waals surface area contributed by atoms with Gasteiger partial charge in [0, 0.05) is 18.7 Å². The summed E-state index contributed by atoms with van der Waals surface area (Å²) in [6.07, 6.45) is 0.743. The summed E-state index contributed by atoms with van der Waals surface area (Å²) >= 11 is 0. The first-order valence-electron chi connectivity index (χ1n) is 7.90. The Bertz CT molecular complexity index is 470. The van der Waals surface area contributed by atoms with E-state index >= 15 is 0 Å². The van der Waals surface area contributed by atoms with E-state index < -0.39 is 25.7 Å². The van der Waals surface area contributed by atoms with Gasteiger partial charge in [-0.2, -0.15) is 0 Å². The van der Waals surface area contributed by atoms with E-state index in [1.807, 2.05) is 6.07 Å². The number of aryl methyl sites for hydroxylation is 1. The number of unbranched alkanes of at least 4 members (excludes halogenated alkanes) is 1. The summed E-state index contributed by atoms with van der Waals surface area (Å²) in [5, 5.41) is 52.4. The molecule has 0 saturated carbocycles. The van der Waals surface area contributed by atoms with Crippen LogP contribution in [0.5, 0.6) is 5.75 Å². The molecule has 0 aliphatic carbocycles. The Morgan fingerprint density at radius 3 is 2.04 bits per heavy atom. The van der Waals surface area contributed by atoms with Gasteiger partial charge >= 0.3 is 0 Å². The SMILES string of the molecule is CCCCc1ccc(O)c(CNC(O)CO)c1CNC(O)CO. The van der Waals surface area contributed by atoms with Crippen molar-refractivity contribution in [1.29, 1.82) is 0 Å². The molecule has 7 heteroatoms. The van der Waals surface area contributed by atoms with Gasteiger partial charge in [0.25, 0.3) is 0 Å². The van der Waals surface area contributed by atoms with E-state index in [-0.39, 0.29) is 18.8 Å². The molecule has 0 amide bonds. The van der Waals surface area contributed by atoms with Gasteiger partial charge < -0.3 is 25.5 Å². The van der Waals surface area contributed by atoms with Crippen LogP contribution in [0.1, 0.15) is 36.5 Å². The summed E-state index contributed by atoms with van der Waals surface area (Å²) in [5.74, 6) is 0.0816. The molecular weight excluding hydrogens is 300 g/mol. The molecule has 1 rings (SSSR count). The van der Waals surface area contributed by atoms with Gasteiger partial charge in [-0.1, -0.05) is 19.4 Å². The van der Waals surface area contributed by atoms with Crippen LogP contribution >= 0.6 is 0 Å². The number of hydrogen-bond acceptors (Lipinski definition) is 7. The first-order valence-corrected chi connectivity index (χ1v) is 7.90. The van der Waals surface area contributed by atoms with Crippen LogP contribution in [0.2, 0.25) is 0 Å². The molecule has 7 nitrogen and oxygen atoms in total. The van der Waals surface area contributed by atoms with Crippen LogP contribution < -0.4 is 10.6 Å². The number of rotatable bonds is 11. The molecule has 0 aliphatic heterocycles. The van der Waals surface area contributed by atoms with Crippen LogP contribution in [0.15, 0.2) is 12.1 Å². The van der Waals surface area contributed by atoms with Crippen molar-refractivity contribution < 1.29 is 25.5 Å². The highest BCUT2D eigenvalue weighted by Crippen LogP contribution is 2.26. The molecule has 0 fully saturated rings. The average Bonchev–Trinajstić information content (AvgIpc) is 2.57. The number of phenols is 1. The van der Waals surface area contributed by atoms with E-state index in [0.717, 1.165) is 30.4 Å². The van der Waals surface area contributed by atoms with Crippen molar-refractivity contribution in [2.45, 2.75) is 51.7 Å². The zero-order chi connectivity index (χ0) is 17.2. The largest absolute Gasteiger partial charge is 0.508 e. The number of hydrogen-bond donors (Lipinski definition) is 7. The van der Waals surface area contributed by atoms with E-state index in [1.54, 1.807) is 6.07 Å². The lowest BCUT2D eigenvalue weighted by Crippen LogP contribution is -2.34. The molecule has 1 aromatic carbocycles. The minimum Gasteiger partial charge on any atom is -0.508 e. The van der Waals surface area contributed by atoms with Gasteiger partial charge in [0.05, 0.1) is 13.2 Å². The van der Waals surface area contributed by atoms with Crippen molar-refractivity contribution in [2.75, 3.05) is 13.2 Å². The molecule has 132 valence electrons. The van der Waals surface area contributed by atoms with Gasteiger partial charge in [-0.25, -0.2) is 0 Å². The van der Waals surface area contributed by atoms with Crippen LogP contribution in [0, 0.1) is 0 Å². The molecule has 0 spiro atoms. The molecule has 7 N–H and O–H groups in total.